The average molecular weight is 288 g/mol. The van der Waals surface area contributed by atoms with Crippen molar-refractivity contribution in [3.8, 4) is 0 Å². The lowest BCUT2D eigenvalue weighted by atomic mass is 9.99. The van der Waals surface area contributed by atoms with Gasteiger partial charge in [-0.1, -0.05) is 59.3 Å². The van der Waals surface area contributed by atoms with Crippen molar-refractivity contribution in [3.05, 3.63) is 0 Å². The fourth-order valence-electron chi connectivity index (χ4n) is 2.50. The second-order valence-corrected chi connectivity index (χ2v) is 5.55. The molecule has 0 N–H and O–H groups in total. The fraction of sp³-hybridized carbons (Fsp3) is 1.00. The van der Waals surface area contributed by atoms with Crippen LogP contribution in [0.3, 0.4) is 0 Å². The minimum Gasteiger partial charge on any atom is -0.331 e. The highest BCUT2D eigenvalue weighted by Gasteiger charge is 2.38. The molecule has 0 rings (SSSR count). The molecule has 0 spiro atoms. The van der Waals surface area contributed by atoms with Gasteiger partial charge in [0.15, 0.2) is 0 Å². The molecule has 20 heavy (non-hydrogen) atoms. The molecule has 2 unspecified atom stereocenters. The lowest BCUT2D eigenvalue weighted by Crippen LogP contribution is -2.44. The predicted octanol–water partition coefficient (Wildman–Crippen LogP) is 5.14. The molecule has 0 amide bonds. The van der Waals surface area contributed by atoms with Crippen LogP contribution in [0.15, 0.2) is 0 Å². The zero-order valence-corrected chi connectivity index (χ0v) is 14.4. The standard InChI is InChI=1S/C17H36O3/c1-6-9-10-11-12-13-14-16(4)17(18-5,19-8-3)20-15-7-2/h16H,6-15H2,1-5H3. The lowest BCUT2D eigenvalue weighted by molar-refractivity contribution is -0.394. The fourth-order valence-corrected chi connectivity index (χ4v) is 2.50. The van der Waals surface area contributed by atoms with Crippen LogP contribution >= 0.6 is 0 Å². The maximum atomic E-state index is 5.88. The Hall–Kier alpha value is -0.120. The van der Waals surface area contributed by atoms with Gasteiger partial charge in [-0.2, -0.15) is 0 Å². The third kappa shape index (κ3) is 7.61. The Labute approximate surface area is 126 Å². The van der Waals surface area contributed by atoms with Crippen molar-refractivity contribution in [1.82, 2.24) is 0 Å². The summed E-state index contributed by atoms with van der Waals surface area (Å²) < 4.78 is 17.3. The van der Waals surface area contributed by atoms with Crippen molar-refractivity contribution in [1.29, 1.82) is 0 Å². The van der Waals surface area contributed by atoms with Gasteiger partial charge in [0.05, 0.1) is 6.61 Å². The van der Waals surface area contributed by atoms with E-state index < -0.39 is 5.97 Å². The summed E-state index contributed by atoms with van der Waals surface area (Å²) in [6.07, 6.45) is 9.94. The van der Waals surface area contributed by atoms with Crippen molar-refractivity contribution >= 4 is 0 Å². The average Bonchev–Trinajstić information content (AvgIpc) is 2.47. The number of hydrogen-bond donors (Lipinski definition) is 0. The maximum absolute atomic E-state index is 5.88. The quantitative estimate of drug-likeness (QED) is 0.327. The highest BCUT2D eigenvalue weighted by Crippen LogP contribution is 2.29. The molecule has 0 aliphatic rings. The second-order valence-electron chi connectivity index (χ2n) is 5.55. The SMILES string of the molecule is CCCCCCCCC(C)C(OC)(OCC)OCCC. The Morgan fingerprint density at radius 3 is 2.05 bits per heavy atom. The molecular formula is C17H36O3. The smallest absolute Gasteiger partial charge is 0.285 e. The zero-order valence-electron chi connectivity index (χ0n) is 14.4. The van der Waals surface area contributed by atoms with Crippen LogP contribution in [0.4, 0.5) is 0 Å². The van der Waals surface area contributed by atoms with E-state index in [0.29, 0.717) is 13.2 Å². The van der Waals surface area contributed by atoms with Gasteiger partial charge in [-0.15, -0.1) is 0 Å². The number of methoxy groups -OCH3 is 1. The molecule has 0 bridgehead atoms. The first-order valence-corrected chi connectivity index (χ1v) is 8.49. The highest BCUT2D eigenvalue weighted by atomic mass is 16.9. The molecule has 0 aromatic rings. The van der Waals surface area contributed by atoms with E-state index in [2.05, 4.69) is 20.8 Å². The number of unbranched alkanes of at least 4 members (excludes halogenated alkanes) is 5. The third-order valence-electron chi connectivity index (χ3n) is 3.73. The van der Waals surface area contributed by atoms with Gasteiger partial charge in [-0.25, -0.2) is 0 Å². The first kappa shape index (κ1) is 19.9. The summed E-state index contributed by atoms with van der Waals surface area (Å²) in [7, 11) is 1.68. The minimum atomic E-state index is -0.853. The summed E-state index contributed by atoms with van der Waals surface area (Å²) in [5, 5.41) is 0. The predicted molar refractivity (Wildman–Crippen MR) is 84.8 cm³/mol. The van der Waals surface area contributed by atoms with E-state index in [-0.39, 0.29) is 5.92 Å². The Bertz CT molecular complexity index is 208. The molecule has 2 atom stereocenters. The van der Waals surface area contributed by atoms with Crippen LogP contribution < -0.4 is 0 Å². The molecule has 0 aromatic heterocycles. The lowest BCUT2D eigenvalue weighted by Gasteiger charge is -2.36. The highest BCUT2D eigenvalue weighted by molar-refractivity contribution is 4.67. The zero-order chi connectivity index (χ0) is 15.3. The molecule has 122 valence electrons. The van der Waals surface area contributed by atoms with E-state index in [9.17, 15) is 0 Å². The Balaban J connectivity index is 4.14. The Morgan fingerprint density at radius 1 is 0.850 bits per heavy atom. The van der Waals surface area contributed by atoms with Crippen LogP contribution in [0.1, 0.15) is 79.1 Å². The topological polar surface area (TPSA) is 27.7 Å². The van der Waals surface area contributed by atoms with E-state index in [1.54, 1.807) is 7.11 Å². The van der Waals surface area contributed by atoms with Gasteiger partial charge in [0.25, 0.3) is 5.97 Å². The molecule has 0 saturated carbocycles. The Kier molecular flexibility index (Phi) is 12.5. The summed E-state index contributed by atoms with van der Waals surface area (Å²) in [5.74, 6) is -0.598. The van der Waals surface area contributed by atoms with Gasteiger partial charge in [-0.05, 0) is 19.8 Å². The monoisotopic (exact) mass is 288 g/mol. The third-order valence-corrected chi connectivity index (χ3v) is 3.73. The molecule has 0 aromatic carbocycles. The molecule has 0 aliphatic heterocycles. The summed E-state index contributed by atoms with van der Waals surface area (Å²) in [6, 6.07) is 0. The summed E-state index contributed by atoms with van der Waals surface area (Å²) in [5.41, 5.74) is 0. The molecule has 3 heteroatoms. The maximum Gasteiger partial charge on any atom is 0.285 e. The summed E-state index contributed by atoms with van der Waals surface area (Å²) in [6.45, 7) is 9.79. The van der Waals surface area contributed by atoms with Crippen LogP contribution in [0.5, 0.6) is 0 Å². The normalized spacial score (nSPS) is 16.1. The van der Waals surface area contributed by atoms with Crippen molar-refractivity contribution in [3.63, 3.8) is 0 Å². The Morgan fingerprint density at radius 2 is 1.50 bits per heavy atom. The van der Waals surface area contributed by atoms with Crippen LogP contribution in [-0.4, -0.2) is 26.3 Å². The summed E-state index contributed by atoms with van der Waals surface area (Å²) in [4.78, 5) is 0. The van der Waals surface area contributed by atoms with Crippen molar-refractivity contribution in [2.75, 3.05) is 20.3 Å². The van der Waals surface area contributed by atoms with Crippen LogP contribution in [0, 0.1) is 5.92 Å². The van der Waals surface area contributed by atoms with Crippen LogP contribution in [0.25, 0.3) is 0 Å². The number of rotatable bonds is 14. The molecular weight excluding hydrogens is 252 g/mol. The van der Waals surface area contributed by atoms with E-state index >= 15 is 0 Å². The van der Waals surface area contributed by atoms with E-state index in [0.717, 1.165) is 12.8 Å². The van der Waals surface area contributed by atoms with Crippen LogP contribution in [0.2, 0.25) is 0 Å². The molecule has 0 aliphatic carbocycles. The van der Waals surface area contributed by atoms with Crippen molar-refractivity contribution < 1.29 is 14.2 Å². The van der Waals surface area contributed by atoms with Crippen LogP contribution in [-0.2, 0) is 14.2 Å². The van der Waals surface area contributed by atoms with Gasteiger partial charge in [0, 0.05) is 19.6 Å². The first-order chi connectivity index (χ1) is 9.66. The van der Waals surface area contributed by atoms with Gasteiger partial charge in [0.2, 0.25) is 0 Å². The first-order valence-electron chi connectivity index (χ1n) is 8.49. The van der Waals surface area contributed by atoms with Gasteiger partial charge >= 0.3 is 0 Å². The number of ether oxygens (including phenoxy) is 3. The van der Waals surface area contributed by atoms with Crippen molar-refractivity contribution in [2.45, 2.75) is 85.0 Å². The van der Waals surface area contributed by atoms with Crippen molar-refractivity contribution in [2.24, 2.45) is 5.92 Å². The largest absolute Gasteiger partial charge is 0.331 e. The minimum absolute atomic E-state index is 0.255. The van der Waals surface area contributed by atoms with Gasteiger partial charge in [-0.3, -0.25) is 0 Å². The molecule has 0 fully saturated rings. The molecule has 0 saturated heterocycles. The van der Waals surface area contributed by atoms with E-state index in [1.165, 1.54) is 38.5 Å². The van der Waals surface area contributed by atoms with Gasteiger partial charge in [0.1, 0.15) is 0 Å². The van der Waals surface area contributed by atoms with E-state index in [1.807, 2.05) is 6.92 Å². The molecule has 0 radical (unpaired) electrons. The molecule has 3 nitrogen and oxygen atoms in total. The summed E-state index contributed by atoms with van der Waals surface area (Å²) >= 11 is 0. The van der Waals surface area contributed by atoms with E-state index in [4.69, 9.17) is 14.2 Å². The second kappa shape index (κ2) is 12.6. The number of hydrogen-bond acceptors (Lipinski definition) is 3. The van der Waals surface area contributed by atoms with Gasteiger partial charge < -0.3 is 14.2 Å². The molecule has 0 heterocycles.